The molecule has 5 nitrogen and oxygen atoms in total. The first kappa shape index (κ1) is 17.4. The summed E-state index contributed by atoms with van der Waals surface area (Å²) in [6.45, 7) is 0.00812. The number of thiophene rings is 1. The summed E-state index contributed by atoms with van der Waals surface area (Å²) >= 11 is 6.99. The van der Waals surface area contributed by atoms with Crippen molar-refractivity contribution in [2.24, 2.45) is 0 Å². The average Bonchev–Trinajstić information content (AvgIpc) is 3.28. The number of halogens is 1. The van der Waals surface area contributed by atoms with Gasteiger partial charge >= 0.3 is 5.97 Å². The number of carbonyl (C=O) groups is 2. The van der Waals surface area contributed by atoms with Crippen LogP contribution in [0.3, 0.4) is 0 Å². The van der Waals surface area contributed by atoms with Crippen molar-refractivity contribution in [1.82, 2.24) is 5.16 Å². The number of Topliss-reactive ketones (excluding diaryl/α,β-unsaturated/α-hetero) is 1. The lowest BCUT2D eigenvalue weighted by Gasteiger charge is -2.01. The fourth-order valence-electron chi connectivity index (χ4n) is 2.15. The number of esters is 1. The Bertz CT molecular complexity index is 872. The number of benzene rings is 1. The lowest BCUT2D eigenvalue weighted by atomic mass is 10.2. The highest BCUT2D eigenvalue weighted by Crippen LogP contribution is 2.23. The van der Waals surface area contributed by atoms with Gasteiger partial charge in [0.15, 0.2) is 11.5 Å². The second kappa shape index (κ2) is 8.09. The monoisotopic (exact) mass is 375 g/mol. The van der Waals surface area contributed by atoms with E-state index in [9.17, 15) is 9.59 Å². The van der Waals surface area contributed by atoms with E-state index in [0.717, 1.165) is 5.56 Å². The molecule has 0 aliphatic rings. The maximum absolute atomic E-state index is 11.9. The van der Waals surface area contributed by atoms with Gasteiger partial charge < -0.3 is 9.26 Å². The summed E-state index contributed by atoms with van der Waals surface area (Å²) in [7, 11) is 0. The Kier molecular flexibility index (Phi) is 5.63. The smallest absolute Gasteiger partial charge is 0.306 e. The average molecular weight is 376 g/mol. The van der Waals surface area contributed by atoms with Crippen molar-refractivity contribution in [3.05, 3.63) is 63.4 Å². The molecular formula is C18H14ClNO4S. The largest absolute Gasteiger partial charge is 0.459 e. The zero-order chi connectivity index (χ0) is 17.6. The molecule has 0 bridgehead atoms. The summed E-state index contributed by atoms with van der Waals surface area (Å²) in [4.78, 5) is 24.2. The molecule has 0 radical (unpaired) electrons. The van der Waals surface area contributed by atoms with Crippen molar-refractivity contribution in [1.29, 1.82) is 0 Å². The van der Waals surface area contributed by atoms with Gasteiger partial charge in [0.1, 0.15) is 12.3 Å². The molecule has 0 N–H and O–H groups in total. The number of carbonyl (C=O) groups excluding carboxylic acids is 2. The molecule has 0 aliphatic carbocycles. The van der Waals surface area contributed by atoms with Crippen LogP contribution in [0.2, 0.25) is 4.34 Å². The maximum atomic E-state index is 11.9. The van der Waals surface area contributed by atoms with Crippen LogP contribution >= 0.6 is 22.9 Å². The lowest BCUT2D eigenvalue weighted by Crippen LogP contribution is -2.07. The van der Waals surface area contributed by atoms with Crippen LogP contribution < -0.4 is 0 Å². The van der Waals surface area contributed by atoms with Gasteiger partial charge in [-0.25, -0.2) is 0 Å². The predicted octanol–water partition coefficient (Wildman–Crippen LogP) is 4.76. The quantitative estimate of drug-likeness (QED) is 0.439. The second-order valence-electron chi connectivity index (χ2n) is 5.24. The van der Waals surface area contributed by atoms with E-state index in [1.807, 2.05) is 30.3 Å². The third kappa shape index (κ3) is 4.78. The normalized spacial score (nSPS) is 10.6. The highest BCUT2D eigenvalue weighted by Gasteiger charge is 2.13. The zero-order valence-electron chi connectivity index (χ0n) is 13.1. The first-order chi connectivity index (χ1) is 12.1. The molecule has 0 aliphatic heterocycles. The molecule has 0 unspecified atom stereocenters. The van der Waals surface area contributed by atoms with Crippen LogP contribution in [-0.2, 0) is 16.1 Å². The van der Waals surface area contributed by atoms with Gasteiger partial charge in [-0.05, 0) is 12.1 Å². The Hall–Kier alpha value is -2.44. The summed E-state index contributed by atoms with van der Waals surface area (Å²) in [5, 5.41) is 3.88. The van der Waals surface area contributed by atoms with Gasteiger partial charge in [0.25, 0.3) is 0 Å². The minimum atomic E-state index is -0.458. The summed E-state index contributed by atoms with van der Waals surface area (Å²) in [6, 6.07) is 14.5. The molecule has 0 atom stereocenters. The summed E-state index contributed by atoms with van der Waals surface area (Å²) in [6.07, 6.45) is 0.0987. The van der Waals surface area contributed by atoms with Gasteiger partial charge in [-0.3, -0.25) is 9.59 Å². The number of aromatic nitrogens is 1. The second-order valence-corrected chi connectivity index (χ2v) is 6.95. The number of ether oxygens (including phenoxy) is 1. The number of nitrogens with zero attached hydrogens (tertiary/aromatic N) is 1. The van der Waals surface area contributed by atoms with Crippen molar-refractivity contribution in [3.63, 3.8) is 0 Å². The Labute approximate surface area is 153 Å². The predicted molar refractivity (Wildman–Crippen MR) is 94.6 cm³/mol. The SMILES string of the molecule is O=C(CCC(=O)c1ccc(Cl)s1)OCc1cc(-c2ccccc2)on1. The van der Waals surface area contributed by atoms with E-state index >= 15 is 0 Å². The van der Waals surface area contributed by atoms with E-state index in [4.69, 9.17) is 20.9 Å². The fraction of sp³-hybridized carbons (Fsp3) is 0.167. The van der Waals surface area contributed by atoms with Crippen LogP contribution in [0.25, 0.3) is 11.3 Å². The highest BCUT2D eigenvalue weighted by atomic mass is 35.5. The molecule has 25 heavy (non-hydrogen) atoms. The van der Waals surface area contributed by atoms with E-state index in [1.165, 1.54) is 11.3 Å². The topological polar surface area (TPSA) is 69.4 Å². The molecule has 1 aromatic carbocycles. The van der Waals surface area contributed by atoms with Crippen molar-refractivity contribution in [2.45, 2.75) is 19.4 Å². The summed E-state index contributed by atoms with van der Waals surface area (Å²) in [5.74, 6) is 0.0262. The van der Waals surface area contributed by atoms with E-state index < -0.39 is 5.97 Å². The van der Waals surface area contributed by atoms with E-state index in [-0.39, 0.29) is 25.2 Å². The van der Waals surface area contributed by atoms with Crippen molar-refractivity contribution < 1.29 is 18.8 Å². The maximum Gasteiger partial charge on any atom is 0.306 e. The van der Waals surface area contributed by atoms with Crippen LogP contribution in [0.1, 0.15) is 28.2 Å². The molecule has 2 heterocycles. The minimum Gasteiger partial charge on any atom is -0.459 e. The standard InChI is InChI=1S/C18H14ClNO4S/c19-17-8-7-16(25-17)14(21)6-9-18(22)23-11-13-10-15(24-20-13)12-4-2-1-3-5-12/h1-5,7-8,10H,6,9,11H2. The van der Waals surface area contributed by atoms with Crippen LogP contribution in [-0.4, -0.2) is 16.9 Å². The first-order valence-electron chi connectivity index (χ1n) is 7.57. The molecule has 2 aromatic heterocycles. The summed E-state index contributed by atoms with van der Waals surface area (Å²) < 4.78 is 10.9. The molecule has 0 spiro atoms. The minimum absolute atomic E-state index is 0.00812. The molecule has 3 aromatic rings. The molecule has 0 fully saturated rings. The number of hydrogen-bond acceptors (Lipinski definition) is 6. The highest BCUT2D eigenvalue weighted by molar-refractivity contribution is 7.18. The Balaban J connectivity index is 1.46. The molecule has 0 amide bonds. The first-order valence-corrected chi connectivity index (χ1v) is 8.76. The Morgan fingerprint density at radius 3 is 2.64 bits per heavy atom. The Morgan fingerprint density at radius 2 is 1.92 bits per heavy atom. The van der Waals surface area contributed by atoms with Crippen LogP contribution in [0.4, 0.5) is 0 Å². The number of rotatable bonds is 7. The van der Waals surface area contributed by atoms with Crippen LogP contribution in [0.5, 0.6) is 0 Å². The molecule has 0 saturated carbocycles. The van der Waals surface area contributed by atoms with Crippen molar-refractivity contribution in [3.8, 4) is 11.3 Å². The van der Waals surface area contributed by atoms with Crippen molar-refractivity contribution in [2.75, 3.05) is 0 Å². The molecule has 7 heteroatoms. The number of ketones is 1. The van der Waals surface area contributed by atoms with Crippen molar-refractivity contribution >= 4 is 34.7 Å². The fourth-order valence-corrected chi connectivity index (χ4v) is 3.16. The molecular weight excluding hydrogens is 362 g/mol. The van der Waals surface area contributed by atoms with Gasteiger partial charge in [0.05, 0.1) is 15.6 Å². The Morgan fingerprint density at radius 1 is 1.12 bits per heavy atom. The van der Waals surface area contributed by atoms with Gasteiger partial charge in [-0.15, -0.1) is 11.3 Å². The lowest BCUT2D eigenvalue weighted by molar-refractivity contribution is -0.145. The van der Waals surface area contributed by atoms with Crippen LogP contribution in [0, 0.1) is 0 Å². The van der Waals surface area contributed by atoms with E-state index in [0.29, 0.717) is 20.7 Å². The third-order valence-electron chi connectivity index (χ3n) is 3.40. The van der Waals surface area contributed by atoms with Gasteiger partial charge in [0, 0.05) is 18.1 Å². The van der Waals surface area contributed by atoms with Crippen LogP contribution in [0.15, 0.2) is 53.1 Å². The van der Waals surface area contributed by atoms with Gasteiger partial charge in [0.2, 0.25) is 0 Å². The third-order valence-corrected chi connectivity index (χ3v) is 4.67. The van der Waals surface area contributed by atoms with Gasteiger partial charge in [-0.1, -0.05) is 47.1 Å². The molecule has 128 valence electrons. The number of hydrogen-bond donors (Lipinski definition) is 0. The molecule has 0 saturated heterocycles. The van der Waals surface area contributed by atoms with Gasteiger partial charge in [-0.2, -0.15) is 0 Å². The molecule has 3 rings (SSSR count). The van der Waals surface area contributed by atoms with E-state index in [1.54, 1.807) is 18.2 Å². The summed E-state index contributed by atoms with van der Waals surface area (Å²) in [5.41, 5.74) is 1.41. The van der Waals surface area contributed by atoms with E-state index in [2.05, 4.69) is 5.16 Å². The zero-order valence-corrected chi connectivity index (χ0v) is 14.7.